The Labute approximate surface area is 188 Å². The van der Waals surface area contributed by atoms with Gasteiger partial charge in [-0.25, -0.2) is 13.8 Å². The first kappa shape index (κ1) is 22.1. The summed E-state index contributed by atoms with van der Waals surface area (Å²) >= 11 is 0. The maximum Gasteiger partial charge on any atom is 0.488 e. The number of benzene rings is 3. The zero-order chi connectivity index (χ0) is 23.2. The number of nitrogens with zero attached hydrogens (tertiary/aromatic N) is 2. The molecule has 6 nitrogen and oxygen atoms in total. The van der Waals surface area contributed by atoms with Gasteiger partial charge in [0, 0.05) is 17.0 Å². The van der Waals surface area contributed by atoms with Crippen molar-refractivity contribution in [2.45, 2.75) is 0 Å². The molecule has 0 amide bonds. The summed E-state index contributed by atoms with van der Waals surface area (Å²) in [4.78, 5) is 4.66. The molecule has 3 aromatic carbocycles. The smallest absolute Gasteiger partial charge is 0.423 e. The van der Waals surface area contributed by atoms with E-state index in [2.05, 4.69) is 20.5 Å². The van der Waals surface area contributed by atoms with Gasteiger partial charge in [-0.3, -0.25) is 5.10 Å². The van der Waals surface area contributed by atoms with Crippen LogP contribution in [0.15, 0.2) is 91.1 Å². The van der Waals surface area contributed by atoms with E-state index in [4.69, 9.17) is 10.0 Å². The Bertz CT molecular complexity index is 1360. The van der Waals surface area contributed by atoms with E-state index in [0.717, 1.165) is 33.9 Å². The SMILES string of the molecule is Fc1cccc(-c2nc(Nc3ccn[nH]3)cc3ccccc23)c1.OB(O)c1cccc(F)c1. The number of nitrogens with one attached hydrogen (secondary N) is 2. The number of halogens is 2. The second-order valence-corrected chi connectivity index (χ2v) is 7.11. The lowest BCUT2D eigenvalue weighted by Gasteiger charge is -2.10. The average molecular weight is 444 g/mol. The highest BCUT2D eigenvalue weighted by molar-refractivity contribution is 6.58. The van der Waals surface area contributed by atoms with Crippen molar-refractivity contribution in [1.29, 1.82) is 0 Å². The van der Waals surface area contributed by atoms with Crippen LogP contribution < -0.4 is 10.8 Å². The molecule has 0 bridgehead atoms. The van der Waals surface area contributed by atoms with Crippen molar-refractivity contribution in [2.24, 2.45) is 0 Å². The Morgan fingerprint density at radius 1 is 0.818 bits per heavy atom. The number of anilines is 2. The summed E-state index contributed by atoms with van der Waals surface area (Å²) in [6, 6.07) is 23.3. The third-order valence-corrected chi connectivity index (χ3v) is 4.75. The van der Waals surface area contributed by atoms with Crippen molar-refractivity contribution in [3.63, 3.8) is 0 Å². The molecule has 0 fully saturated rings. The molecule has 0 aliphatic heterocycles. The van der Waals surface area contributed by atoms with Crippen LogP contribution in [-0.2, 0) is 0 Å². The summed E-state index contributed by atoms with van der Waals surface area (Å²) in [5.74, 6) is 0.677. The molecule has 9 heteroatoms. The van der Waals surface area contributed by atoms with Crippen LogP contribution in [0, 0.1) is 11.6 Å². The number of pyridine rings is 1. The van der Waals surface area contributed by atoms with E-state index in [1.165, 1.54) is 30.3 Å². The van der Waals surface area contributed by atoms with Crippen molar-refractivity contribution >= 4 is 35.0 Å². The van der Waals surface area contributed by atoms with Crippen LogP contribution in [0.3, 0.4) is 0 Å². The third-order valence-electron chi connectivity index (χ3n) is 4.75. The summed E-state index contributed by atoms with van der Waals surface area (Å²) < 4.78 is 25.9. The molecule has 0 saturated carbocycles. The lowest BCUT2D eigenvalue weighted by Crippen LogP contribution is -2.29. The van der Waals surface area contributed by atoms with Crippen LogP contribution >= 0.6 is 0 Å². The Hall–Kier alpha value is -4.08. The van der Waals surface area contributed by atoms with E-state index in [1.807, 2.05) is 42.5 Å². The monoisotopic (exact) mass is 444 g/mol. The fourth-order valence-electron chi connectivity index (χ4n) is 3.25. The maximum absolute atomic E-state index is 13.6. The zero-order valence-electron chi connectivity index (χ0n) is 17.3. The van der Waals surface area contributed by atoms with Gasteiger partial charge in [-0.1, -0.05) is 48.5 Å². The molecular formula is C24H19BF2N4O2. The molecular weight excluding hydrogens is 425 g/mol. The Balaban J connectivity index is 0.000000219. The van der Waals surface area contributed by atoms with Crippen LogP contribution in [0.25, 0.3) is 22.0 Å². The Morgan fingerprint density at radius 3 is 2.24 bits per heavy atom. The molecule has 0 aliphatic carbocycles. The van der Waals surface area contributed by atoms with E-state index in [1.54, 1.807) is 12.3 Å². The second-order valence-electron chi connectivity index (χ2n) is 7.11. The van der Waals surface area contributed by atoms with E-state index < -0.39 is 12.9 Å². The van der Waals surface area contributed by atoms with Crippen molar-refractivity contribution in [3.05, 3.63) is 103 Å². The summed E-state index contributed by atoms with van der Waals surface area (Å²) in [5, 5.41) is 29.0. The molecule has 2 heterocycles. The van der Waals surface area contributed by atoms with Crippen LogP contribution in [0.1, 0.15) is 0 Å². The number of fused-ring (bicyclic) bond motifs is 1. The number of aromatic nitrogens is 3. The highest BCUT2D eigenvalue weighted by Gasteiger charge is 2.10. The Morgan fingerprint density at radius 2 is 1.58 bits per heavy atom. The lowest BCUT2D eigenvalue weighted by molar-refractivity contribution is 0.425. The summed E-state index contributed by atoms with van der Waals surface area (Å²) in [5.41, 5.74) is 1.65. The first-order chi connectivity index (χ1) is 16.0. The molecule has 0 saturated heterocycles. The lowest BCUT2D eigenvalue weighted by atomic mass is 9.80. The molecule has 33 heavy (non-hydrogen) atoms. The van der Waals surface area contributed by atoms with Gasteiger partial charge in [0.25, 0.3) is 0 Å². The van der Waals surface area contributed by atoms with Crippen molar-refractivity contribution < 1.29 is 18.8 Å². The standard InChI is InChI=1S/C18H13FN4.C6H6BFO2/c19-14-6-3-5-13(10-14)18-15-7-2-1-4-12(15)11-17(22-18)21-16-8-9-20-23-16;8-6-3-1-2-5(4-6)7(9)10/h1-11H,(H2,20,21,22,23);1-4,9-10H. The van der Waals surface area contributed by atoms with E-state index in [-0.39, 0.29) is 11.3 Å². The number of rotatable bonds is 4. The summed E-state index contributed by atoms with van der Waals surface area (Å²) in [7, 11) is -1.59. The van der Waals surface area contributed by atoms with Gasteiger partial charge in [0.15, 0.2) is 0 Å². The predicted molar refractivity (Wildman–Crippen MR) is 125 cm³/mol. The first-order valence-electron chi connectivity index (χ1n) is 10.0. The molecule has 5 aromatic rings. The normalized spacial score (nSPS) is 10.4. The molecule has 4 N–H and O–H groups in total. The van der Waals surface area contributed by atoms with Gasteiger partial charge in [-0.15, -0.1) is 0 Å². The minimum atomic E-state index is -1.59. The van der Waals surface area contributed by atoms with Crippen molar-refractivity contribution in [3.8, 4) is 11.3 Å². The van der Waals surface area contributed by atoms with Crippen LogP contribution in [0.2, 0.25) is 0 Å². The first-order valence-corrected chi connectivity index (χ1v) is 10.0. The molecule has 5 rings (SSSR count). The van der Waals surface area contributed by atoms with E-state index >= 15 is 0 Å². The van der Waals surface area contributed by atoms with E-state index in [0.29, 0.717) is 5.82 Å². The second kappa shape index (κ2) is 10.0. The van der Waals surface area contributed by atoms with Crippen LogP contribution in [0.4, 0.5) is 20.4 Å². The average Bonchev–Trinajstić information content (AvgIpc) is 3.32. The maximum atomic E-state index is 13.6. The number of hydrogen-bond donors (Lipinski definition) is 4. The van der Waals surface area contributed by atoms with Gasteiger partial charge in [-0.05, 0) is 41.2 Å². The molecule has 0 aliphatic rings. The Kier molecular flexibility index (Phi) is 6.73. The van der Waals surface area contributed by atoms with Crippen molar-refractivity contribution in [2.75, 3.05) is 5.32 Å². The van der Waals surface area contributed by atoms with Crippen LogP contribution in [-0.4, -0.2) is 32.3 Å². The molecule has 164 valence electrons. The summed E-state index contributed by atoms with van der Waals surface area (Å²) in [6.45, 7) is 0. The zero-order valence-corrected chi connectivity index (χ0v) is 17.3. The van der Waals surface area contributed by atoms with Crippen LogP contribution in [0.5, 0.6) is 0 Å². The predicted octanol–water partition coefficient (Wildman–Crippen LogP) is 4.01. The molecule has 2 aromatic heterocycles. The summed E-state index contributed by atoms with van der Waals surface area (Å²) in [6.07, 6.45) is 1.66. The van der Waals surface area contributed by atoms with Crippen molar-refractivity contribution in [1.82, 2.24) is 15.2 Å². The quantitative estimate of drug-likeness (QED) is 0.315. The largest absolute Gasteiger partial charge is 0.488 e. The van der Waals surface area contributed by atoms with Gasteiger partial charge in [0.1, 0.15) is 23.3 Å². The number of H-pyrrole nitrogens is 1. The molecule has 0 atom stereocenters. The van der Waals surface area contributed by atoms with Gasteiger partial charge in [-0.2, -0.15) is 5.10 Å². The number of hydrogen-bond acceptors (Lipinski definition) is 5. The fraction of sp³-hybridized carbons (Fsp3) is 0. The number of aromatic amines is 1. The third kappa shape index (κ3) is 5.59. The highest BCUT2D eigenvalue weighted by Crippen LogP contribution is 2.30. The minimum absolute atomic E-state index is 0.167. The van der Waals surface area contributed by atoms with Gasteiger partial charge in [0.2, 0.25) is 0 Å². The minimum Gasteiger partial charge on any atom is -0.423 e. The highest BCUT2D eigenvalue weighted by atomic mass is 19.1. The van der Waals surface area contributed by atoms with Gasteiger partial charge >= 0.3 is 7.12 Å². The molecule has 0 spiro atoms. The molecule has 0 radical (unpaired) electrons. The topological polar surface area (TPSA) is 94.1 Å². The van der Waals surface area contributed by atoms with E-state index in [9.17, 15) is 8.78 Å². The van der Waals surface area contributed by atoms with Gasteiger partial charge < -0.3 is 15.4 Å². The fourth-order valence-corrected chi connectivity index (χ4v) is 3.25. The molecule has 0 unspecified atom stereocenters. The van der Waals surface area contributed by atoms with Gasteiger partial charge in [0.05, 0.1) is 11.9 Å².